The first-order chi connectivity index (χ1) is 7.84. The molecule has 0 saturated carbocycles. The summed E-state index contributed by atoms with van der Waals surface area (Å²) in [6, 6.07) is 1.99. The third-order valence-corrected chi connectivity index (χ3v) is 2.24. The fraction of sp³-hybridized carbons (Fsp3) is 0.400. The number of nitrogens with zero attached hydrogens (tertiary/aromatic N) is 2. The minimum absolute atomic E-state index is 0.0131. The standard InChI is InChI=1S/C10H12N2O5/c1-6(2)5-7-8(11(14)15)3-4-9(10(7)13)12(16)17/h3-4,6,13H,5H2,1-2H3. The second-order valence-electron chi connectivity index (χ2n) is 4.04. The zero-order chi connectivity index (χ0) is 13.2. The van der Waals surface area contributed by atoms with E-state index in [9.17, 15) is 25.3 Å². The van der Waals surface area contributed by atoms with Crippen LogP contribution in [0.5, 0.6) is 5.75 Å². The highest BCUT2D eigenvalue weighted by molar-refractivity contribution is 5.59. The average molecular weight is 240 g/mol. The largest absolute Gasteiger partial charge is 0.502 e. The van der Waals surface area contributed by atoms with Gasteiger partial charge in [-0.25, -0.2) is 0 Å². The third kappa shape index (κ3) is 2.68. The van der Waals surface area contributed by atoms with Gasteiger partial charge in [0.2, 0.25) is 5.75 Å². The number of hydrogen-bond donors (Lipinski definition) is 1. The summed E-state index contributed by atoms with van der Waals surface area (Å²) in [6.07, 6.45) is 0.212. The third-order valence-electron chi connectivity index (χ3n) is 2.24. The molecule has 0 spiro atoms. The van der Waals surface area contributed by atoms with Crippen LogP contribution < -0.4 is 0 Å². The van der Waals surface area contributed by atoms with Gasteiger partial charge in [0, 0.05) is 12.1 Å². The first-order valence-corrected chi connectivity index (χ1v) is 4.98. The van der Waals surface area contributed by atoms with E-state index < -0.39 is 21.3 Å². The average Bonchev–Trinajstić information content (AvgIpc) is 2.19. The topological polar surface area (TPSA) is 107 Å². The van der Waals surface area contributed by atoms with E-state index in [0.717, 1.165) is 12.1 Å². The molecule has 0 bridgehead atoms. The van der Waals surface area contributed by atoms with Crippen molar-refractivity contribution in [3.05, 3.63) is 37.9 Å². The van der Waals surface area contributed by atoms with Crippen LogP contribution in [0, 0.1) is 26.1 Å². The second kappa shape index (κ2) is 4.77. The van der Waals surface area contributed by atoms with Gasteiger partial charge in [0.25, 0.3) is 5.69 Å². The van der Waals surface area contributed by atoms with Crippen LogP contribution in [-0.2, 0) is 6.42 Å². The van der Waals surface area contributed by atoms with Crippen LogP contribution in [0.15, 0.2) is 12.1 Å². The maximum Gasteiger partial charge on any atom is 0.311 e. The molecule has 0 fully saturated rings. The second-order valence-corrected chi connectivity index (χ2v) is 4.04. The zero-order valence-electron chi connectivity index (χ0n) is 9.41. The van der Waals surface area contributed by atoms with Crippen molar-refractivity contribution in [3.8, 4) is 5.75 Å². The molecule has 7 nitrogen and oxygen atoms in total. The van der Waals surface area contributed by atoms with Crippen molar-refractivity contribution in [2.75, 3.05) is 0 Å². The first kappa shape index (κ1) is 12.9. The van der Waals surface area contributed by atoms with E-state index in [4.69, 9.17) is 0 Å². The number of benzene rings is 1. The van der Waals surface area contributed by atoms with Crippen LogP contribution in [0.2, 0.25) is 0 Å². The quantitative estimate of drug-likeness (QED) is 0.642. The van der Waals surface area contributed by atoms with Crippen LogP contribution in [0.3, 0.4) is 0 Å². The summed E-state index contributed by atoms with van der Waals surface area (Å²) in [5, 5.41) is 31.1. The van der Waals surface area contributed by atoms with E-state index in [2.05, 4.69) is 0 Å². The summed E-state index contributed by atoms with van der Waals surface area (Å²) in [5.74, 6) is -0.570. The smallest absolute Gasteiger partial charge is 0.311 e. The normalized spacial score (nSPS) is 10.5. The van der Waals surface area contributed by atoms with Crippen molar-refractivity contribution in [2.45, 2.75) is 20.3 Å². The Morgan fingerprint density at radius 1 is 1.18 bits per heavy atom. The molecule has 0 atom stereocenters. The summed E-state index contributed by atoms with van der Waals surface area (Å²) in [5.41, 5.74) is -0.785. The van der Waals surface area contributed by atoms with E-state index >= 15 is 0 Å². The lowest BCUT2D eigenvalue weighted by molar-refractivity contribution is -0.390. The van der Waals surface area contributed by atoms with E-state index in [1.165, 1.54) is 0 Å². The highest BCUT2D eigenvalue weighted by Gasteiger charge is 2.26. The molecule has 1 rings (SSSR count). The number of aromatic hydroxyl groups is 1. The number of rotatable bonds is 4. The first-order valence-electron chi connectivity index (χ1n) is 4.98. The van der Waals surface area contributed by atoms with Crippen molar-refractivity contribution in [1.82, 2.24) is 0 Å². The number of phenols is 1. The Labute approximate surface area is 97.0 Å². The molecule has 0 saturated heterocycles. The predicted molar refractivity (Wildman–Crippen MR) is 60.0 cm³/mol. The molecule has 0 aliphatic rings. The van der Waals surface area contributed by atoms with Crippen LogP contribution >= 0.6 is 0 Å². The Bertz CT molecular complexity index is 470. The van der Waals surface area contributed by atoms with Crippen molar-refractivity contribution in [3.63, 3.8) is 0 Å². The molecule has 0 aliphatic heterocycles. The molecule has 1 aromatic carbocycles. The minimum Gasteiger partial charge on any atom is -0.502 e. The monoisotopic (exact) mass is 240 g/mol. The van der Waals surface area contributed by atoms with Gasteiger partial charge in [0.05, 0.1) is 15.4 Å². The Kier molecular flexibility index (Phi) is 3.62. The lowest BCUT2D eigenvalue weighted by Gasteiger charge is -2.08. The zero-order valence-corrected chi connectivity index (χ0v) is 9.41. The molecular formula is C10H12N2O5. The molecule has 1 aromatic rings. The Balaban J connectivity index is 3.41. The number of nitro groups is 2. The summed E-state index contributed by atoms with van der Waals surface area (Å²) >= 11 is 0. The molecule has 1 N–H and O–H groups in total. The highest BCUT2D eigenvalue weighted by atomic mass is 16.6. The fourth-order valence-electron chi connectivity index (χ4n) is 1.54. The maximum absolute atomic E-state index is 10.8. The highest BCUT2D eigenvalue weighted by Crippen LogP contribution is 2.37. The van der Waals surface area contributed by atoms with Gasteiger partial charge in [-0.3, -0.25) is 20.2 Å². The van der Waals surface area contributed by atoms with Crippen LogP contribution in [0.25, 0.3) is 0 Å². The van der Waals surface area contributed by atoms with Crippen LogP contribution in [0.1, 0.15) is 19.4 Å². The fourth-order valence-corrected chi connectivity index (χ4v) is 1.54. The Morgan fingerprint density at radius 3 is 2.06 bits per heavy atom. The molecule has 0 aromatic heterocycles. The number of phenolic OH excluding ortho intramolecular Hbond substituents is 1. The van der Waals surface area contributed by atoms with Crippen molar-refractivity contribution >= 4 is 11.4 Å². The number of nitro benzene ring substituents is 2. The lowest BCUT2D eigenvalue weighted by atomic mass is 9.99. The molecular weight excluding hydrogens is 228 g/mol. The van der Waals surface area contributed by atoms with Crippen molar-refractivity contribution in [1.29, 1.82) is 0 Å². The van der Waals surface area contributed by atoms with Crippen molar-refractivity contribution < 1.29 is 15.0 Å². The molecule has 0 radical (unpaired) electrons. The van der Waals surface area contributed by atoms with Gasteiger partial charge < -0.3 is 5.11 Å². The lowest BCUT2D eigenvalue weighted by Crippen LogP contribution is -2.02. The molecule has 0 aliphatic carbocycles. The molecule has 0 unspecified atom stereocenters. The van der Waals surface area contributed by atoms with Gasteiger partial charge in [-0.15, -0.1) is 0 Å². The van der Waals surface area contributed by atoms with E-state index in [1.807, 2.05) is 13.8 Å². The minimum atomic E-state index is -0.761. The maximum atomic E-state index is 10.8. The van der Waals surface area contributed by atoms with Gasteiger partial charge >= 0.3 is 5.69 Å². The molecule has 92 valence electrons. The molecule has 17 heavy (non-hydrogen) atoms. The van der Waals surface area contributed by atoms with E-state index in [1.54, 1.807) is 0 Å². The SMILES string of the molecule is CC(C)Cc1c([N+](=O)[O-])ccc([N+](=O)[O-])c1O. The Hall–Kier alpha value is -2.18. The van der Waals surface area contributed by atoms with Gasteiger partial charge in [-0.2, -0.15) is 0 Å². The van der Waals surface area contributed by atoms with Crippen LogP contribution in [0.4, 0.5) is 11.4 Å². The molecule has 0 amide bonds. The van der Waals surface area contributed by atoms with E-state index in [0.29, 0.717) is 0 Å². The molecule has 0 heterocycles. The van der Waals surface area contributed by atoms with Gasteiger partial charge in [-0.05, 0) is 12.3 Å². The van der Waals surface area contributed by atoms with Gasteiger partial charge in [0.15, 0.2) is 0 Å². The summed E-state index contributed by atoms with van der Waals surface area (Å²) in [6.45, 7) is 3.62. The van der Waals surface area contributed by atoms with E-state index in [-0.39, 0.29) is 23.6 Å². The van der Waals surface area contributed by atoms with Crippen LogP contribution in [-0.4, -0.2) is 15.0 Å². The van der Waals surface area contributed by atoms with Gasteiger partial charge in [-0.1, -0.05) is 13.8 Å². The number of hydrogen-bond acceptors (Lipinski definition) is 5. The Morgan fingerprint density at radius 2 is 1.65 bits per heavy atom. The molecule has 7 heteroatoms. The summed E-state index contributed by atoms with van der Waals surface area (Å²) < 4.78 is 0. The van der Waals surface area contributed by atoms with Crippen molar-refractivity contribution in [2.24, 2.45) is 5.92 Å². The summed E-state index contributed by atoms with van der Waals surface area (Å²) in [4.78, 5) is 20.0. The predicted octanol–water partition coefficient (Wildman–Crippen LogP) is 2.41. The summed E-state index contributed by atoms with van der Waals surface area (Å²) in [7, 11) is 0. The van der Waals surface area contributed by atoms with Gasteiger partial charge in [0.1, 0.15) is 0 Å².